The number of hydrogen-bond donors (Lipinski definition) is 1. The molecule has 158 valence electrons. The van der Waals surface area contributed by atoms with Gasteiger partial charge in [-0.3, -0.25) is 9.36 Å². The van der Waals surface area contributed by atoms with Crippen molar-refractivity contribution in [2.75, 3.05) is 19.4 Å². The molecule has 0 bridgehead atoms. The topological polar surface area (TPSA) is 84.3 Å². The molecule has 0 unspecified atom stereocenters. The van der Waals surface area contributed by atoms with Crippen LogP contribution in [0.2, 0.25) is 0 Å². The highest BCUT2D eigenvalue weighted by Crippen LogP contribution is 2.27. The molecule has 3 rings (SSSR count). The summed E-state index contributed by atoms with van der Waals surface area (Å²) in [6, 6.07) is 14.2. The average Bonchev–Trinajstić information content (AvgIpc) is 3.16. The van der Waals surface area contributed by atoms with Crippen LogP contribution in [0.5, 0.6) is 0 Å². The number of thioether (sulfide) groups is 1. The maximum absolute atomic E-state index is 12.7. The highest BCUT2D eigenvalue weighted by atomic mass is 32.2. The second-order valence-corrected chi connectivity index (χ2v) is 10.4. The smallest absolute Gasteiger partial charge is 0.242 e. The van der Waals surface area contributed by atoms with E-state index in [-0.39, 0.29) is 10.8 Å². The first-order valence-corrected chi connectivity index (χ1v) is 11.6. The summed E-state index contributed by atoms with van der Waals surface area (Å²) >= 11 is 1.34. The Labute approximate surface area is 181 Å². The molecule has 0 saturated heterocycles. The molecule has 1 amide bonds. The Kier molecular flexibility index (Phi) is 6.64. The van der Waals surface area contributed by atoms with Gasteiger partial charge in [0.15, 0.2) is 5.16 Å². The van der Waals surface area contributed by atoms with E-state index in [4.69, 9.17) is 0 Å². The van der Waals surface area contributed by atoms with Crippen LogP contribution in [0.4, 0.5) is 5.69 Å². The molecule has 0 radical (unpaired) electrons. The average molecular weight is 445 g/mol. The van der Waals surface area contributed by atoms with Crippen molar-refractivity contribution in [3.63, 3.8) is 0 Å². The fraction of sp³-hybridized carbons (Fsp3) is 0.238. The number of amides is 1. The van der Waals surface area contributed by atoms with E-state index in [1.165, 1.54) is 38.0 Å². The summed E-state index contributed by atoms with van der Waals surface area (Å²) in [6.45, 7) is 3.81. The van der Waals surface area contributed by atoms with Crippen LogP contribution in [0.1, 0.15) is 12.5 Å². The number of aromatic nitrogens is 2. The van der Waals surface area contributed by atoms with Crippen molar-refractivity contribution < 1.29 is 13.2 Å². The Bertz CT molecular complexity index is 1160. The van der Waals surface area contributed by atoms with Crippen molar-refractivity contribution >= 4 is 33.4 Å². The number of benzene rings is 2. The predicted molar refractivity (Wildman–Crippen MR) is 120 cm³/mol. The van der Waals surface area contributed by atoms with E-state index in [1.807, 2.05) is 42.0 Å². The van der Waals surface area contributed by atoms with Gasteiger partial charge >= 0.3 is 0 Å². The molecule has 0 spiro atoms. The number of sulfonamides is 1. The molecule has 30 heavy (non-hydrogen) atoms. The molecule has 1 heterocycles. The zero-order valence-electron chi connectivity index (χ0n) is 17.2. The number of nitrogens with one attached hydrogen (secondary N) is 1. The lowest BCUT2D eigenvalue weighted by atomic mass is 10.2. The van der Waals surface area contributed by atoms with Gasteiger partial charge in [-0.25, -0.2) is 17.7 Å². The Hall–Kier alpha value is -2.62. The molecule has 1 N–H and O–H groups in total. The van der Waals surface area contributed by atoms with Crippen molar-refractivity contribution in [3.8, 4) is 5.69 Å². The van der Waals surface area contributed by atoms with Gasteiger partial charge in [0.1, 0.15) is 0 Å². The maximum atomic E-state index is 12.7. The largest absolute Gasteiger partial charge is 0.325 e. The fourth-order valence-corrected chi connectivity index (χ4v) is 4.62. The molecule has 7 nitrogen and oxygen atoms in total. The first-order chi connectivity index (χ1) is 14.2. The zero-order valence-corrected chi connectivity index (χ0v) is 18.9. The van der Waals surface area contributed by atoms with Crippen LogP contribution in [-0.4, -0.2) is 47.5 Å². The SMILES string of the molecule is Cc1ccccc1-n1ccnc1S[C@H](C)C(=O)Nc1cccc(S(=O)(=O)N(C)C)c1. The maximum Gasteiger partial charge on any atom is 0.242 e. The van der Waals surface area contributed by atoms with E-state index in [0.29, 0.717) is 10.8 Å². The molecular formula is C21H24N4O3S2. The minimum Gasteiger partial charge on any atom is -0.325 e. The Morgan fingerprint density at radius 2 is 1.90 bits per heavy atom. The fourth-order valence-electron chi connectivity index (χ4n) is 2.79. The summed E-state index contributed by atoms with van der Waals surface area (Å²) in [4.78, 5) is 17.2. The molecule has 3 aromatic rings. The highest BCUT2D eigenvalue weighted by Gasteiger charge is 2.20. The third-order valence-corrected chi connectivity index (χ3v) is 7.40. The summed E-state index contributed by atoms with van der Waals surface area (Å²) in [5.41, 5.74) is 2.54. The van der Waals surface area contributed by atoms with Crippen molar-refractivity contribution in [1.29, 1.82) is 0 Å². The quantitative estimate of drug-likeness (QED) is 0.564. The van der Waals surface area contributed by atoms with Crippen LogP contribution >= 0.6 is 11.8 Å². The Balaban J connectivity index is 1.75. The van der Waals surface area contributed by atoms with Gasteiger partial charge < -0.3 is 5.32 Å². The van der Waals surface area contributed by atoms with Gasteiger partial charge in [0, 0.05) is 32.2 Å². The van der Waals surface area contributed by atoms with Crippen molar-refractivity contribution in [3.05, 3.63) is 66.5 Å². The Morgan fingerprint density at radius 3 is 2.60 bits per heavy atom. The van der Waals surface area contributed by atoms with Crippen molar-refractivity contribution in [2.24, 2.45) is 0 Å². The van der Waals surface area contributed by atoms with Crippen LogP contribution in [-0.2, 0) is 14.8 Å². The predicted octanol–water partition coefficient (Wildman–Crippen LogP) is 3.55. The molecule has 1 aromatic heterocycles. The van der Waals surface area contributed by atoms with Crippen molar-refractivity contribution in [2.45, 2.75) is 29.1 Å². The van der Waals surface area contributed by atoms with Crippen LogP contribution in [0, 0.1) is 6.92 Å². The van der Waals surface area contributed by atoms with Gasteiger partial charge in [-0.2, -0.15) is 0 Å². The molecule has 1 atom stereocenters. The molecule has 0 aliphatic heterocycles. The Morgan fingerprint density at radius 1 is 1.17 bits per heavy atom. The van der Waals surface area contributed by atoms with Gasteiger partial charge in [-0.15, -0.1) is 0 Å². The van der Waals surface area contributed by atoms with Crippen LogP contribution in [0.25, 0.3) is 5.69 Å². The number of carbonyl (C=O) groups is 1. The lowest BCUT2D eigenvalue weighted by Crippen LogP contribution is -2.24. The van der Waals surface area contributed by atoms with E-state index < -0.39 is 15.3 Å². The number of nitrogens with zero attached hydrogens (tertiary/aromatic N) is 3. The highest BCUT2D eigenvalue weighted by molar-refractivity contribution is 8.00. The normalized spacial score (nSPS) is 12.7. The second kappa shape index (κ2) is 9.03. The van der Waals surface area contributed by atoms with E-state index >= 15 is 0 Å². The summed E-state index contributed by atoms with van der Waals surface area (Å²) < 4.78 is 27.7. The number of hydrogen-bond acceptors (Lipinski definition) is 5. The first kappa shape index (κ1) is 22.1. The number of anilines is 1. The second-order valence-electron chi connectivity index (χ2n) is 6.93. The van der Waals surface area contributed by atoms with E-state index in [9.17, 15) is 13.2 Å². The van der Waals surface area contributed by atoms with Crippen molar-refractivity contribution in [1.82, 2.24) is 13.9 Å². The lowest BCUT2D eigenvalue weighted by Gasteiger charge is -2.15. The number of carbonyl (C=O) groups excluding carboxylic acids is 1. The summed E-state index contributed by atoms with van der Waals surface area (Å²) in [5.74, 6) is -0.237. The van der Waals surface area contributed by atoms with E-state index in [2.05, 4.69) is 10.3 Å². The van der Waals surface area contributed by atoms with Gasteiger partial charge in [0.05, 0.1) is 15.8 Å². The number of imidazole rings is 1. The van der Waals surface area contributed by atoms with Gasteiger partial charge in [0.25, 0.3) is 0 Å². The van der Waals surface area contributed by atoms with Crippen LogP contribution < -0.4 is 5.32 Å². The van der Waals surface area contributed by atoms with Crippen LogP contribution in [0.15, 0.2) is 71.0 Å². The van der Waals surface area contributed by atoms with E-state index in [1.54, 1.807) is 25.3 Å². The van der Waals surface area contributed by atoms with Crippen LogP contribution in [0.3, 0.4) is 0 Å². The molecule has 0 aliphatic rings. The summed E-state index contributed by atoms with van der Waals surface area (Å²) in [5, 5.41) is 3.06. The minimum atomic E-state index is -3.57. The van der Waals surface area contributed by atoms with Gasteiger partial charge in [-0.1, -0.05) is 36.0 Å². The lowest BCUT2D eigenvalue weighted by molar-refractivity contribution is -0.115. The third kappa shape index (κ3) is 4.75. The molecular weight excluding hydrogens is 420 g/mol. The zero-order chi connectivity index (χ0) is 21.9. The summed E-state index contributed by atoms with van der Waals surface area (Å²) in [6.07, 6.45) is 3.57. The molecule has 2 aromatic carbocycles. The van der Waals surface area contributed by atoms with E-state index in [0.717, 1.165) is 15.6 Å². The minimum absolute atomic E-state index is 0.126. The van der Waals surface area contributed by atoms with Gasteiger partial charge in [-0.05, 0) is 43.7 Å². The number of aryl methyl sites for hydroxylation is 1. The monoisotopic (exact) mass is 444 g/mol. The number of rotatable bonds is 7. The molecule has 0 aliphatic carbocycles. The standard InChI is InChI=1S/C21H24N4O3S2/c1-15-8-5-6-11-19(15)25-13-12-22-21(25)29-16(2)20(26)23-17-9-7-10-18(14-17)30(27,28)24(3)4/h5-14,16H,1-4H3,(H,23,26)/t16-/m1/s1. The first-order valence-electron chi connectivity index (χ1n) is 9.29. The number of para-hydroxylation sites is 1. The molecule has 0 fully saturated rings. The third-order valence-electron chi connectivity index (χ3n) is 4.51. The molecule has 0 saturated carbocycles. The summed E-state index contributed by atoms with van der Waals surface area (Å²) in [7, 11) is -0.637. The molecule has 9 heteroatoms. The van der Waals surface area contributed by atoms with Gasteiger partial charge in [0.2, 0.25) is 15.9 Å².